The first-order chi connectivity index (χ1) is 7.00. The number of rotatable bonds is 3. The van der Waals surface area contributed by atoms with Crippen LogP contribution < -0.4 is 5.73 Å². The van der Waals surface area contributed by atoms with Gasteiger partial charge in [0, 0.05) is 5.69 Å². The van der Waals surface area contributed by atoms with Gasteiger partial charge in [-0.15, -0.1) is 0 Å². The number of carbonyl (C=O) groups is 1. The molecule has 0 fully saturated rings. The Bertz CT molecular complexity index is 366. The molecule has 0 unspecified atom stereocenters. The van der Waals surface area contributed by atoms with E-state index >= 15 is 0 Å². The summed E-state index contributed by atoms with van der Waals surface area (Å²) in [5.41, 5.74) is 6.66. The van der Waals surface area contributed by atoms with E-state index in [1.54, 1.807) is 13.0 Å². The highest BCUT2D eigenvalue weighted by molar-refractivity contribution is 5.95. The molecule has 15 heavy (non-hydrogen) atoms. The number of hydrogen-bond donors (Lipinski definition) is 1. The molecule has 0 saturated heterocycles. The van der Waals surface area contributed by atoms with Crippen molar-refractivity contribution in [3.8, 4) is 0 Å². The van der Waals surface area contributed by atoms with E-state index in [-0.39, 0.29) is 11.3 Å². The number of nitrogen functional groups attached to an aromatic ring is 1. The van der Waals surface area contributed by atoms with Crippen molar-refractivity contribution in [2.75, 3.05) is 12.3 Å². The van der Waals surface area contributed by atoms with Crippen molar-refractivity contribution in [1.29, 1.82) is 0 Å². The summed E-state index contributed by atoms with van der Waals surface area (Å²) in [6.45, 7) is 0.857. The Morgan fingerprint density at radius 1 is 1.53 bits per heavy atom. The monoisotopic (exact) mass is 215 g/mol. The van der Waals surface area contributed by atoms with Gasteiger partial charge in [0.2, 0.25) is 0 Å². The minimum absolute atomic E-state index is 0.121. The molecule has 0 amide bonds. The van der Waals surface area contributed by atoms with Gasteiger partial charge in [0.05, 0.1) is 5.56 Å². The molecular weight excluding hydrogens is 204 g/mol. The van der Waals surface area contributed by atoms with Crippen LogP contribution in [0.15, 0.2) is 18.2 Å². The van der Waals surface area contributed by atoms with Crippen molar-refractivity contribution in [2.45, 2.75) is 13.3 Å². The Balaban J connectivity index is 2.77. The number of anilines is 1. The molecule has 0 radical (unpaired) electrons. The Morgan fingerprint density at radius 3 is 2.80 bits per heavy atom. The zero-order chi connectivity index (χ0) is 11.4. The lowest BCUT2D eigenvalue weighted by Gasteiger charge is -2.07. The van der Waals surface area contributed by atoms with Crippen LogP contribution >= 0.6 is 0 Å². The molecule has 0 bridgehead atoms. The average Bonchev–Trinajstić information content (AvgIpc) is 2.18. The van der Waals surface area contributed by atoms with Gasteiger partial charge in [-0.25, -0.2) is 13.6 Å². The van der Waals surface area contributed by atoms with Crippen LogP contribution in [-0.4, -0.2) is 19.0 Å². The van der Waals surface area contributed by atoms with Crippen LogP contribution in [-0.2, 0) is 4.74 Å². The molecule has 1 aromatic carbocycles. The topological polar surface area (TPSA) is 52.3 Å². The van der Waals surface area contributed by atoms with Crippen LogP contribution in [0.5, 0.6) is 0 Å². The molecule has 0 aromatic heterocycles. The third kappa shape index (κ3) is 3.19. The van der Waals surface area contributed by atoms with Crippen LogP contribution in [0.1, 0.15) is 15.9 Å². The molecule has 0 aliphatic heterocycles. The molecule has 0 atom stereocenters. The highest BCUT2D eigenvalue weighted by Gasteiger charge is 2.13. The normalized spacial score (nSPS) is 10.4. The molecule has 0 heterocycles. The number of hydrogen-bond acceptors (Lipinski definition) is 3. The first-order valence-electron chi connectivity index (χ1n) is 4.32. The second kappa shape index (κ2) is 4.72. The number of ether oxygens (including phenoxy) is 1. The summed E-state index contributed by atoms with van der Waals surface area (Å²) in [6, 6.07) is 4.76. The van der Waals surface area contributed by atoms with E-state index in [9.17, 15) is 13.6 Å². The first-order valence-corrected chi connectivity index (χ1v) is 4.32. The lowest BCUT2D eigenvalue weighted by molar-refractivity contribution is 0.0161. The quantitative estimate of drug-likeness (QED) is 0.619. The van der Waals surface area contributed by atoms with Gasteiger partial charge < -0.3 is 10.5 Å². The fourth-order valence-corrected chi connectivity index (χ4v) is 1.06. The number of nitrogens with two attached hydrogens (primary N) is 1. The molecule has 0 spiro atoms. The number of alkyl halides is 2. The van der Waals surface area contributed by atoms with Crippen molar-refractivity contribution >= 4 is 11.7 Å². The van der Waals surface area contributed by atoms with Gasteiger partial charge in [-0.2, -0.15) is 0 Å². The predicted molar refractivity (Wildman–Crippen MR) is 51.9 cm³/mol. The lowest BCUT2D eigenvalue weighted by atomic mass is 10.1. The van der Waals surface area contributed by atoms with E-state index in [4.69, 9.17) is 5.73 Å². The van der Waals surface area contributed by atoms with E-state index in [0.29, 0.717) is 0 Å². The SMILES string of the molecule is Cc1ccc(N)c(C(=O)OCC(F)F)c1. The molecular formula is C10H11F2NO2. The second-order valence-corrected chi connectivity index (χ2v) is 3.08. The van der Waals surface area contributed by atoms with Crippen molar-refractivity contribution in [3.63, 3.8) is 0 Å². The standard InChI is InChI=1S/C10H11F2NO2/c1-6-2-3-8(13)7(4-6)10(14)15-5-9(11)12/h2-4,9H,5,13H2,1H3. The Kier molecular flexibility index (Phi) is 3.60. The van der Waals surface area contributed by atoms with Crippen molar-refractivity contribution in [1.82, 2.24) is 0 Å². The first kappa shape index (κ1) is 11.4. The van der Waals surface area contributed by atoms with E-state index in [1.807, 2.05) is 0 Å². The summed E-state index contributed by atoms with van der Waals surface area (Å²) in [7, 11) is 0. The number of aryl methyl sites for hydroxylation is 1. The molecule has 0 saturated carbocycles. The molecule has 82 valence electrons. The highest BCUT2D eigenvalue weighted by Crippen LogP contribution is 2.15. The number of benzene rings is 1. The van der Waals surface area contributed by atoms with E-state index in [2.05, 4.69) is 4.74 Å². The minimum Gasteiger partial charge on any atom is -0.456 e. The van der Waals surface area contributed by atoms with Crippen LogP contribution in [0.25, 0.3) is 0 Å². The van der Waals surface area contributed by atoms with Gasteiger partial charge in [-0.1, -0.05) is 11.6 Å². The van der Waals surface area contributed by atoms with E-state index in [1.165, 1.54) is 12.1 Å². The summed E-state index contributed by atoms with van der Waals surface area (Å²) >= 11 is 0. The maximum absolute atomic E-state index is 11.8. The molecule has 0 aliphatic carbocycles. The van der Waals surface area contributed by atoms with Crippen molar-refractivity contribution in [2.24, 2.45) is 0 Å². The zero-order valence-corrected chi connectivity index (χ0v) is 8.17. The Morgan fingerprint density at radius 2 is 2.20 bits per heavy atom. The third-order valence-corrected chi connectivity index (χ3v) is 1.77. The molecule has 1 aromatic rings. The van der Waals surface area contributed by atoms with Gasteiger partial charge in [0.1, 0.15) is 0 Å². The number of carbonyl (C=O) groups excluding carboxylic acids is 1. The van der Waals surface area contributed by atoms with Crippen LogP contribution in [0.3, 0.4) is 0 Å². The highest BCUT2D eigenvalue weighted by atomic mass is 19.3. The van der Waals surface area contributed by atoms with Crippen LogP contribution in [0.2, 0.25) is 0 Å². The fraction of sp³-hybridized carbons (Fsp3) is 0.300. The summed E-state index contributed by atoms with van der Waals surface area (Å²) < 4.78 is 27.9. The van der Waals surface area contributed by atoms with Gasteiger partial charge in [0.15, 0.2) is 6.61 Å². The van der Waals surface area contributed by atoms with E-state index < -0.39 is 19.0 Å². The van der Waals surface area contributed by atoms with Gasteiger partial charge in [0.25, 0.3) is 6.43 Å². The summed E-state index contributed by atoms with van der Waals surface area (Å²) in [5.74, 6) is -0.823. The summed E-state index contributed by atoms with van der Waals surface area (Å²) in [6.07, 6.45) is -2.67. The average molecular weight is 215 g/mol. The minimum atomic E-state index is -2.67. The molecule has 2 N–H and O–H groups in total. The molecule has 1 rings (SSSR count). The molecule has 0 aliphatic rings. The number of halogens is 2. The smallest absolute Gasteiger partial charge is 0.340 e. The van der Waals surface area contributed by atoms with Crippen LogP contribution in [0, 0.1) is 6.92 Å². The Hall–Kier alpha value is -1.65. The van der Waals surface area contributed by atoms with Gasteiger partial charge in [-0.05, 0) is 19.1 Å². The largest absolute Gasteiger partial charge is 0.456 e. The summed E-state index contributed by atoms with van der Waals surface area (Å²) in [4.78, 5) is 11.3. The van der Waals surface area contributed by atoms with Crippen LogP contribution in [0.4, 0.5) is 14.5 Å². The van der Waals surface area contributed by atoms with Crippen molar-refractivity contribution < 1.29 is 18.3 Å². The second-order valence-electron chi connectivity index (χ2n) is 3.08. The van der Waals surface area contributed by atoms with Gasteiger partial charge in [-0.3, -0.25) is 0 Å². The summed E-state index contributed by atoms with van der Waals surface area (Å²) in [5, 5.41) is 0. The predicted octanol–water partition coefficient (Wildman–Crippen LogP) is 2.00. The lowest BCUT2D eigenvalue weighted by Crippen LogP contribution is -2.13. The van der Waals surface area contributed by atoms with E-state index in [0.717, 1.165) is 5.56 Å². The number of esters is 1. The molecule has 5 heteroatoms. The zero-order valence-electron chi connectivity index (χ0n) is 8.17. The fourth-order valence-electron chi connectivity index (χ4n) is 1.06. The maximum Gasteiger partial charge on any atom is 0.340 e. The third-order valence-electron chi connectivity index (χ3n) is 1.77. The maximum atomic E-state index is 11.8. The van der Waals surface area contributed by atoms with Crippen molar-refractivity contribution in [3.05, 3.63) is 29.3 Å². The van der Waals surface area contributed by atoms with Gasteiger partial charge >= 0.3 is 5.97 Å². The Labute approximate surface area is 85.8 Å². The molecule has 3 nitrogen and oxygen atoms in total.